The summed E-state index contributed by atoms with van der Waals surface area (Å²) in [7, 11) is 0. The van der Waals surface area contributed by atoms with E-state index in [1.807, 2.05) is 107 Å². The number of aryl methyl sites for hydroxylation is 8. The van der Waals surface area contributed by atoms with Crippen molar-refractivity contribution in [1.29, 1.82) is 0 Å². The minimum atomic E-state index is -4.75. The maximum Gasteiger partial charge on any atom is 0.573 e. The van der Waals surface area contributed by atoms with Gasteiger partial charge in [0.1, 0.15) is 17.4 Å². The Bertz CT molecular complexity index is 6350. The summed E-state index contributed by atoms with van der Waals surface area (Å²) in [6.45, 7) is 14.9. The van der Waals surface area contributed by atoms with E-state index >= 15 is 0 Å². The molecule has 0 aliphatic heterocycles. The molecule has 0 spiro atoms. The normalized spacial score (nSPS) is 12.2. The smallest absolute Gasteiger partial charge is 0.478 e. The Morgan fingerprint density at radius 2 is 0.667 bits per heavy atom. The molecular weight excluding hydrogens is 1610 g/mol. The zero-order valence-electron chi connectivity index (χ0n) is 69.9. The molecule has 0 saturated heterocycles. The highest BCUT2D eigenvalue weighted by atomic mass is 19.4. The van der Waals surface area contributed by atoms with Crippen LogP contribution in [0, 0.1) is 67.0 Å². The Morgan fingerprint density at radius 3 is 1.11 bits per heavy atom. The first-order chi connectivity index (χ1) is 59.8. The van der Waals surface area contributed by atoms with Gasteiger partial charge in [0.05, 0.1) is 38.8 Å². The molecule has 2 aliphatic carbocycles. The third kappa shape index (κ3) is 19.3. The van der Waals surface area contributed by atoms with E-state index < -0.39 is 47.2 Å². The van der Waals surface area contributed by atoms with E-state index in [4.69, 9.17) is 39.5 Å². The number of rotatable bonds is 11. The van der Waals surface area contributed by atoms with Gasteiger partial charge in [0.2, 0.25) is 0 Å². The van der Waals surface area contributed by atoms with E-state index in [0.717, 1.165) is 78.5 Å². The molecule has 15 aromatic carbocycles. The third-order valence-corrected chi connectivity index (χ3v) is 22.0. The second-order valence-corrected chi connectivity index (χ2v) is 31.0. The van der Waals surface area contributed by atoms with Crippen molar-refractivity contribution in [3.63, 3.8) is 0 Å². The van der Waals surface area contributed by atoms with Crippen LogP contribution in [-0.2, 0) is 17.0 Å². The number of nitrogen functional groups attached to an aromatic ring is 6. The van der Waals surface area contributed by atoms with Crippen LogP contribution in [0.5, 0.6) is 5.75 Å². The summed E-state index contributed by atoms with van der Waals surface area (Å²) in [5.74, 6) is -4.23. The number of aromatic carboxylic acids is 3. The molecule has 0 radical (unpaired) electrons. The summed E-state index contributed by atoms with van der Waals surface area (Å²) in [6.07, 6.45) is -9.16. The molecule has 0 atom stereocenters. The lowest BCUT2D eigenvalue weighted by molar-refractivity contribution is -0.274. The number of ether oxygens (including phenoxy) is 1. The summed E-state index contributed by atoms with van der Waals surface area (Å²) in [5, 5.41) is 27.1. The van der Waals surface area contributed by atoms with Gasteiger partial charge in [0.15, 0.2) is 0 Å². The van der Waals surface area contributed by atoms with Crippen LogP contribution in [0.2, 0.25) is 0 Å². The van der Waals surface area contributed by atoms with Crippen molar-refractivity contribution in [2.24, 2.45) is 0 Å². The van der Waals surface area contributed by atoms with Crippen LogP contribution < -0.4 is 39.1 Å². The van der Waals surface area contributed by atoms with Gasteiger partial charge in [0, 0.05) is 40.1 Å². The first kappa shape index (κ1) is 90.0. The van der Waals surface area contributed by atoms with Crippen LogP contribution in [0.4, 0.5) is 69.2 Å². The molecule has 0 fully saturated rings. The van der Waals surface area contributed by atoms with Crippen LogP contribution in [0.1, 0.15) is 126 Å². The molecule has 2 aliphatic rings. The molecule has 17 rings (SSSR count). The van der Waals surface area contributed by atoms with Gasteiger partial charge < -0.3 is 54.5 Å². The van der Waals surface area contributed by atoms with Crippen molar-refractivity contribution in [3.8, 4) is 61.4 Å². The van der Waals surface area contributed by atoms with Crippen molar-refractivity contribution in [2.75, 3.05) is 34.4 Å². The molecule has 126 heavy (non-hydrogen) atoms. The lowest BCUT2D eigenvalue weighted by Gasteiger charge is -2.34. The van der Waals surface area contributed by atoms with E-state index in [2.05, 4.69) is 109 Å². The van der Waals surface area contributed by atoms with Gasteiger partial charge in [-0.15, -0.1) is 13.2 Å². The van der Waals surface area contributed by atoms with Crippen LogP contribution in [0.3, 0.4) is 0 Å². The van der Waals surface area contributed by atoms with Gasteiger partial charge in [-0.1, -0.05) is 235 Å². The zero-order chi connectivity index (χ0) is 91.0. The number of hydrogen-bond acceptors (Lipinski definition) is 10. The number of hydrogen-bond donors (Lipinski definition) is 9. The average molecular weight is 1700 g/mol. The Morgan fingerprint density at radius 1 is 0.294 bits per heavy atom. The SMILES string of the molecule is Cc1cc(N)cc(C(=O)O)c1.Cc1ccc(-c2ccc(N)cc2C(=O)O)c(C(=O)O)c1.Cc1ccc(-c2ccc(N)cc2C(F)(F)F)c(C)c1.Cc1ccc(-c2ccc(N)cc2OC(F)(F)F)c(C)c1.Cc1ccc(C2(c3ccc(N)c(F)c3)c3ccccc3-c3ccccc32)cc1F.Cc1ccc(C2(c3ccc(N)cc3)c3ccccc3-c3ccccc32)cc1. The summed E-state index contributed by atoms with van der Waals surface area (Å²) in [5.41, 5.74) is 57.5. The average Bonchev–Trinajstić information content (AvgIpc) is 1.55. The number of alkyl halides is 6. The molecule has 0 aromatic heterocycles. The first-order valence-electron chi connectivity index (χ1n) is 39.8. The second kappa shape index (κ2) is 37.2. The summed E-state index contributed by atoms with van der Waals surface area (Å²) in [6, 6.07) is 94.3. The van der Waals surface area contributed by atoms with Gasteiger partial charge in [-0.05, 0) is 263 Å². The fourth-order valence-electron chi connectivity index (χ4n) is 16.4. The maximum absolute atomic E-state index is 14.7. The van der Waals surface area contributed by atoms with Crippen LogP contribution in [-0.4, -0.2) is 39.6 Å². The predicted octanol–water partition coefficient (Wildman–Crippen LogP) is 25.1. The van der Waals surface area contributed by atoms with Crippen molar-refractivity contribution in [3.05, 3.63) is 432 Å². The minimum absolute atomic E-state index is 0.0173. The predicted molar refractivity (Wildman–Crippen MR) is 486 cm³/mol. The Hall–Kier alpha value is -15.3. The monoisotopic (exact) mass is 1700 g/mol. The van der Waals surface area contributed by atoms with E-state index in [0.29, 0.717) is 44.8 Å². The number of benzene rings is 15. The van der Waals surface area contributed by atoms with E-state index in [1.54, 1.807) is 93.6 Å². The number of carboxylic acid groups (broad SMARTS) is 3. The summed E-state index contributed by atoms with van der Waals surface area (Å²) < 4.78 is 110. The molecule has 0 bridgehead atoms. The fourth-order valence-corrected chi connectivity index (χ4v) is 16.4. The van der Waals surface area contributed by atoms with Crippen LogP contribution in [0.15, 0.2) is 309 Å². The summed E-state index contributed by atoms with van der Waals surface area (Å²) in [4.78, 5) is 33.1. The maximum atomic E-state index is 14.7. The molecule has 638 valence electrons. The molecule has 0 amide bonds. The molecular formula is C105H90F8N6O7. The standard InChI is InChI=1S/C26H19F2N.C26H21N.C15H14F3NO.C15H14F3N.C15H13NO4.C8H9NO2/c1-16-10-11-17(14-23(16)27)26(18-12-13-25(29)24(28)15-18)21-8-4-2-6-19(21)20-7-3-5-9-22(20)26;1-18-10-12-19(13-11-18)26(20-14-16-21(27)17-15-20)24-8-4-2-6-22(24)23-7-3-5-9-25(23)26;1-9-3-5-12(10(2)7-9)13-6-4-11(19)8-14(13)20-15(16,17)18;1-9-3-5-12(10(2)7-9)13-6-4-11(19)8-14(13)15(16,17)18;1-8-2-4-10(12(6-8)14(17)18)11-5-3-9(16)7-13(11)15(19)20;1-5-2-6(8(10)11)4-7(9)3-5/h2-15H,29H2,1H3;2-17H,27H2,1H3;3-8H,19H2,1-2H3;3-8H,19H2,1-2H3;2-7H,16H2,1H3,(H,17,18)(H,19,20);2-4H,9H2,1H3,(H,10,11). The lowest BCUT2D eigenvalue weighted by Crippen LogP contribution is -2.29. The highest BCUT2D eigenvalue weighted by Gasteiger charge is 2.48. The first-order valence-corrected chi connectivity index (χ1v) is 39.8. The van der Waals surface area contributed by atoms with Crippen LogP contribution in [0.25, 0.3) is 55.6 Å². The minimum Gasteiger partial charge on any atom is -0.478 e. The molecule has 0 heterocycles. The largest absolute Gasteiger partial charge is 0.573 e. The number of carbonyl (C=O) groups is 3. The second-order valence-electron chi connectivity index (χ2n) is 31.0. The summed E-state index contributed by atoms with van der Waals surface area (Å²) >= 11 is 0. The topological polar surface area (TPSA) is 277 Å². The van der Waals surface area contributed by atoms with Gasteiger partial charge in [-0.25, -0.2) is 23.2 Å². The molecule has 0 saturated carbocycles. The fraction of sp³-hybridized carbons (Fsp3) is 0.114. The lowest BCUT2D eigenvalue weighted by atomic mass is 9.67. The van der Waals surface area contributed by atoms with Gasteiger partial charge in [0.25, 0.3) is 0 Å². The van der Waals surface area contributed by atoms with E-state index in [9.17, 15) is 59.7 Å². The van der Waals surface area contributed by atoms with Crippen molar-refractivity contribution < 1.29 is 69.6 Å². The van der Waals surface area contributed by atoms with Crippen molar-refractivity contribution >= 4 is 52.0 Å². The molecule has 0 unspecified atom stereocenters. The number of halogens is 8. The Kier molecular flexibility index (Phi) is 26.6. The molecule has 21 heteroatoms. The van der Waals surface area contributed by atoms with Gasteiger partial charge in [-0.2, -0.15) is 13.2 Å². The Balaban J connectivity index is 0.000000140. The van der Waals surface area contributed by atoms with E-state index in [-0.39, 0.29) is 56.3 Å². The third-order valence-electron chi connectivity index (χ3n) is 22.0. The van der Waals surface area contributed by atoms with E-state index in [1.165, 1.54) is 93.5 Å². The zero-order valence-corrected chi connectivity index (χ0v) is 69.9. The highest BCUT2D eigenvalue weighted by molar-refractivity contribution is 6.03. The number of carboxylic acids is 3. The molecule has 15 N–H and O–H groups in total. The van der Waals surface area contributed by atoms with Gasteiger partial charge in [-0.3, -0.25) is 0 Å². The Labute approximate surface area is 724 Å². The molecule has 15 aromatic rings. The van der Waals surface area contributed by atoms with Crippen molar-refractivity contribution in [2.45, 2.75) is 78.8 Å². The number of anilines is 6. The van der Waals surface area contributed by atoms with Crippen molar-refractivity contribution in [1.82, 2.24) is 0 Å². The molecule has 13 nitrogen and oxygen atoms in total. The van der Waals surface area contributed by atoms with Crippen LogP contribution >= 0.6 is 0 Å². The number of fused-ring (bicyclic) bond motifs is 6. The number of nitrogens with two attached hydrogens (primary N) is 6. The van der Waals surface area contributed by atoms with Gasteiger partial charge >= 0.3 is 30.4 Å². The quantitative estimate of drug-likeness (QED) is 0.0431. The highest BCUT2D eigenvalue weighted by Crippen LogP contribution is 2.58.